The van der Waals surface area contributed by atoms with Crippen molar-refractivity contribution in [3.8, 4) is 0 Å². The van der Waals surface area contributed by atoms with E-state index in [0.29, 0.717) is 10.3 Å². The summed E-state index contributed by atoms with van der Waals surface area (Å²) in [6.07, 6.45) is 2.49. The van der Waals surface area contributed by atoms with Crippen molar-refractivity contribution >= 4 is 33.4 Å². The summed E-state index contributed by atoms with van der Waals surface area (Å²) in [6, 6.07) is 9.35. The van der Waals surface area contributed by atoms with Gasteiger partial charge in [0.25, 0.3) is 0 Å². The first kappa shape index (κ1) is 13.5. The summed E-state index contributed by atoms with van der Waals surface area (Å²) in [4.78, 5) is 15.3. The molecule has 0 radical (unpaired) electrons. The van der Waals surface area contributed by atoms with Crippen LogP contribution in [0.2, 0.25) is 0 Å². The fourth-order valence-corrected chi connectivity index (χ4v) is 2.04. The monoisotopic (exact) mass is 320 g/mol. The van der Waals surface area contributed by atoms with E-state index in [1.54, 1.807) is 6.20 Å². The van der Waals surface area contributed by atoms with E-state index in [1.165, 1.54) is 11.6 Å². The van der Waals surface area contributed by atoms with Crippen molar-refractivity contribution in [3.05, 3.63) is 52.1 Å². The van der Waals surface area contributed by atoms with Gasteiger partial charge in [-0.3, -0.25) is 0 Å². The van der Waals surface area contributed by atoms with Crippen LogP contribution in [0.25, 0.3) is 0 Å². The summed E-state index contributed by atoms with van der Waals surface area (Å²) in [5.74, 6) is -0.674. The lowest BCUT2D eigenvalue weighted by Crippen LogP contribution is -2.05. The van der Waals surface area contributed by atoms with E-state index in [0.717, 1.165) is 12.1 Å². The van der Waals surface area contributed by atoms with Crippen LogP contribution < -0.4 is 5.32 Å². The highest BCUT2D eigenvalue weighted by Gasteiger charge is 2.12. The second-order valence-corrected chi connectivity index (χ2v) is 4.95. The van der Waals surface area contributed by atoms with E-state index in [4.69, 9.17) is 5.11 Å². The van der Waals surface area contributed by atoms with E-state index in [9.17, 15) is 4.79 Å². The highest BCUT2D eigenvalue weighted by atomic mass is 79.9. The number of rotatable bonds is 4. The molecule has 19 heavy (non-hydrogen) atoms. The maximum Gasteiger partial charge on any atom is 0.339 e. The number of hydrogen-bond acceptors (Lipinski definition) is 3. The number of nitrogens with zero attached hydrogens (tertiary/aromatic N) is 1. The van der Waals surface area contributed by atoms with Crippen LogP contribution in [-0.4, -0.2) is 16.1 Å². The Morgan fingerprint density at radius 3 is 2.89 bits per heavy atom. The Labute approximate surface area is 119 Å². The predicted octanol–water partition coefficient (Wildman–Crippen LogP) is 3.85. The molecule has 2 rings (SSSR count). The minimum Gasteiger partial charge on any atom is -0.478 e. The molecule has 1 aromatic carbocycles. The van der Waals surface area contributed by atoms with Crippen molar-refractivity contribution in [2.45, 2.75) is 13.3 Å². The molecule has 0 saturated carbocycles. The van der Waals surface area contributed by atoms with Crippen LogP contribution in [0.5, 0.6) is 0 Å². The van der Waals surface area contributed by atoms with E-state index in [-0.39, 0.29) is 5.56 Å². The molecule has 0 unspecified atom stereocenters. The topological polar surface area (TPSA) is 62.2 Å². The molecule has 0 fully saturated rings. The van der Waals surface area contributed by atoms with E-state index in [2.05, 4.69) is 33.2 Å². The summed E-state index contributed by atoms with van der Waals surface area (Å²) in [5, 5.41) is 12.2. The number of anilines is 2. The van der Waals surface area contributed by atoms with Crippen LogP contribution in [0.1, 0.15) is 22.8 Å². The van der Waals surface area contributed by atoms with E-state index >= 15 is 0 Å². The normalized spacial score (nSPS) is 10.2. The molecule has 1 aromatic heterocycles. The Balaban J connectivity index is 2.34. The fraction of sp³-hybridized carbons (Fsp3) is 0.143. The Hall–Kier alpha value is -1.88. The highest BCUT2D eigenvalue weighted by molar-refractivity contribution is 9.10. The lowest BCUT2D eigenvalue weighted by molar-refractivity contribution is 0.0697. The van der Waals surface area contributed by atoms with Gasteiger partial charge in [0.15, 0.2) is 0 Å². The minimum atomic E-state index is -1.01. The molecule has 2 N–H and O–H groups in total. The minimum absolute atomic E-state index is 0.135. The summed E-state index contributed by atoms with van der Waals surface area (Å²) in [6.45, 7) is 2.07. The fourth-order valence-electron chi connectivity index (χ4n) is 1.71. The Kier molecular flexibility index (Phi) is 4.16. The number of carboxylic acid groups (broad SMARTS) is 1. The van der Waals surface area contributed by atoms with Crippen molar-refractivity contribution in [1.82, 2.24) is 4.98 Å². The molecule has 1 heterocycles. The van der Waals surface area contributed by atoms with Gasteiger partial charge in [0.1, 0.15) is 11.4 Å². The van der Waals surface area contributed by atoms with Gasteiger partial charge in [0.2, 0.25) is 0 Å². The Morgan fingerprint density at radius 2 is 2.21 bits per heavy atom. The van der Waals surface area contributed by atoms with Gasteiger partial charge in [-0.1, -0.05) is 19.1 Å². The number of hydrogen-bond donors (Lipinski definition) is 2. The van der Waals surface area contributed by atoms with Crippen LogP contribution in [0.3, 0.4) is 0 Å². The van der Waals surface area contributed by atoms with Crippen molar-refractivity contribution < 1.29 is 9.90 Å². The zero-order valence-corrected chi connectivity index (χ0v) is 11.9. The quantitative estimate of drug-likeness (QED) is 0.898. The maximum atomic E-state index is 11.2. The van der Waals surface area contributed by atoms with Gasteiger partial charge in [0, 0.05) is 16.4 Å². The smallest absolute Gasteiger partial charge is 0.339 e. The lowest BCUT2D eigenvalue weighted by Gasteiger charge is -2.09. The third-order valence-corrected chi connectivity index (χ3v) is 3.12. The van der Waals surface area contributed by atoms with Crippen molar-refractivity contribution in [2.75, 3.05) is 5.32 Å². The molecule has 0 bridgehead atoms. The summed E-state index contributed by atoms with van der Waals surface area (Å²) in [5.41, 5.74) is 2.15. The summed E-state index contributed by atoms with van der Waals surface area (Å²) in [7, 11) is 0. The third kappa shape index (κ3) is 3.32. The van der Waals surface area contributed by atoms with Crippen LogP contribution in [0, 0.1) is 0 Å². The molecule has 0 saturated heterocycles. The second kappa shape index (κ2) is 5.84. The Bertz CT molecular complexity index is 614. The van der Waals surface area contributed by atoms with Gasteiger partial charge in [-0.25, -0.2) is 9.78 Å². The first-order chi connectivity index (χ1) is 9.10. The number of halogens is 1. The van der Waals surface area contributed by atoms with Crippen LogP contribution in [-0.2, 0) is 6.42 Å². The molecule has 2 aromatic rings. The number of aromatic nitrogens is 1. The molecule has 0 amide bonds. The zero-order chi connectivity index (χ0) is 13.8. The summed E-state index contributed by atoms with van der Waals surface area (Å²) < 4.78 is 0.637. The van der Waals surface area contributed by atoms with E-state index in [1.807, 2.05) is 24.3 Å². The van der Waals surface area contributed by atoms with Gasteiger partial charge >= 0.3 is 5.97 Å². The molecule has 0 spiro atoms. The molecular formula is C14H13BrN2O2. The van der Waals surface area contributed by atoms with Gasteiger partial charge in [-0.2, -0.15) is 0 Å². The Morgan fingerprint density at radius 1 is 1.42 bits per heavy atom. The molecule has 98 valence electrons. The number of aromatic carboxylic acids is 1. The highest BCUT2D eigenvalue weighted by Crippen LogP contribution is 2.22. The molecule has 0 aliphatic heterocycles. The first-order valence-electron chi connectivity index (χ1n) is 5.85. The molecule has 0 atom stereocenters. The number of benzene rings is 1. The van der Waals surface area contributed by atoms with Crippen LogP contribution in [0.4, 0.5) is 11.5 Å². The van der Waals surface area contributed by atoms with E-state index < -0.39 is 5.97 Å². The predicted molar refractivity (Wildman–Crippen MR) is 78.0 cm³/mol. The van der Waals surface area contributed by atoms with Gasteiger partial charge in [0.05, 0.1) is 0 Å². The zero-order valence-electron chi connectivity index (χ0n) is 10.4. The average Bonchev–Trinajstić information content (AvgIpc) is 2.41. The number of carboxylic acids is 1. The number of aryl methyl sites for hydroxylation is 1. The standard InChI is InChI=1S/C14H13BrN2O2/c1-2-9-4-3-5-11(6-9)17-13-12(14(18)19)7-10(15)8-16-13/h3-8H,2H2,1H3,(H,16,17)(H,18,19). The van der Waals surface area contributed by atoms with Crippen LogP contribution in [0.15, 0.2) is 41.0 Å². The van der Waals surface area contributed by atoms with Crippen molar-refractivity contribution in [1.29, 1.82) is 0 Å². The number of carbonyl (C=O) groups is 1. The number of nitrogens with one attached hydrogen (secondary N) is 1. The summed E-state index contributed by atoms with van der Waals surface area (Å²) >= 11 is 3.22. The molecule has 5 heteroatoms. The first-order valence-corrected chi connectivity index (χ1v) is 6.64. The molecule has 0 aliphatic rings. The molecule has 4 nitrogen and oxygen atoms in total. The largest absolute Gasteiger partial charge is 0.478 e. The van der Waals surface area contributed by atoms with Gasteiger partial charge in [-0.05, 0) is 46.1 Å². The second-order valence-electron chi connectivity index (χ2n) is 4.03. The maximum absolute atomic E-state index is 11.2. The van der Waals surface area contributed by atoms with Crippen molar-refractivity contribution in [3.63, 3.8) is 0 Å². The SMILES string of the molecule is CCc1cccc(Nc2ncc(Br)cc2C(=O)O)c1. The molecule has 0 aliphatic carbocycles. The molecular weight excluding hydrogens is 308 g/mol. The number of pyridine rings is 1. The van der Waals surface area contributed by atoms with Crippen LogP contribution >= 0.6 is 15.9 Å². The van der Waals surface area contributed by atoms with Gasteiger partial charge < -0.3 is 10.4 Å². The lowest BCUT2D eigenvalue weighted by atomic mass is 10.1. The third-order valence-electron chi connectivity index (χ3n) is 2.68. The van der Waals surface area contributed by atoms with Crippen molar-refractivity contribution in [2.24, 2.45) is 0 Å². The average molecular weight is 321 g/mol. The van der Waals surface area contributed by atoms with Gasteiger partial charge in [-0.15, -0.1) is 0 Å².